The SMILES string of the molecule is CCNC(C)(CC(=O)OC)c1ccc(OC)c(F)c1. The zero-order chi connectivity index (χ0) is 14.5. The molecule has 0 saturated carbocycles. The summed E-state index contributed by atoms with van der Waals surface area (Å²) in [6, 6.07) is 4.68. The van der Waals surface area contributed by atoms with Crippen molar-refractivity contribution in [2.24, 2.45) is 0 Å². The van der Waals surface area contributed by atoms with Crippen molar-refractivity contribution < 1.29 is 18.7 Å². The fourth-order valence-electron chi connectivity index (χ4n) is 2.03. The second-order valence-corrected chi connectivity index (χ2v) is 4.46. The first-order valence-electron chi connectivity index (χ1n) is 6.12. The van der Waals surface area contributed by atoms with Crippen LogP contribution >= 0.6 is 0 Å². The van der Waals surface area contributed by atoms with Gasteiger partial charge in [0.15, 0.2) is 11.6 Å². The van der Waals surface area contributed by atoms with Gasteiger partial charge in [0.2, 0.25) is 0 Å². The minimum absolute atomic E-state index is 0.128. The van der Waals surface area contributed by atoms with Crippen molar-refractivity contribution in [3.8, 4) is 5.75 Å². The molecule has 0 fully saturated rings. The summed E-state index contributed by atoms with van der Waals surface area (Å²) in [4.78, 5) is 11.5. The predicted octanol–water partition coefficient (Wildman–Crippen LogP) is 2.22. The first-order chi connectivity index (χ1) is 8.96. The molecule has 0 spiro atoms. The number of hydrogen-bond acceptors (Lipinski definition) is 4. The zero-order valence-electron chi connectivity index (χ0n) is 11.7. The van der Waals surface area contributed by atoms with Crippen LogP contribution in [0.1, 0.15) is 25.8 Å². The van der Waals surface area contributed by atoms with Gasteiger partial charge in [-0.2, -0.15) is 0 Å². The first-order valence-corrected chi connectivity index (χ1v) is 6.12. The number of carbonyl (C=O) groups excluding carboxylic acids is 1. The van der Waals surface area contributed by atoms with Gasteiger partial charge < -0.3 is 14.8 Å². The van der Waals surface area contributed by atoms with Crippen LogP contribution in [0.5, 0.6) is 5.75 Å². The summed E-state index contributed by atoms with van der Waals surface area (Å²) < 4.78 is 23.4. The summed E-state index contributed by atoms with van der Waals surface area (Å²) in [6.45, 7) is 4.42. The Morgan fingerprint density at radius 1 is 1.42 bits per heavy atom. The lowest BCUT2D eigenvalue weighted by atomic mass is 9.88. The molecule has 1 unspecified atom stereocenters. The van der Waals surface area contributed by atoms with Crippen LogP contribution in [-0.2, 0) is 15.1 Å². The summed E-state index contributed by atoms with van der Waals surface area (Å²) in [5.74, 6) is -0.616. The molecule has 1 aromatic carbocycles. The van der Waals surface area contributed by atoms with E-state index in [0.717, 1.165) is 0 Å². The predicted molar refractivity (Wildman–Crippen MR) is 70.6 cm³/mol. The van der Waals surface area contributed by atoms with Gasteiger partial charge in [0.05, 0.1) is 26.2 Å². The largest absolute Gasteiger partial charge is 0.494 e. The molecule has 106 valence electrons. The van der Waals surface area contributed by atoms with Crippen molar-refractivity contribution in [2.45, 2.75) is 25.8 Å². The van der Waals surface area contributed by atoms with Crippen LogP contribution < -0.4 is 10.1 Å². The zero-order valence-corrected chi connectivity index (χ0v) is 11.7. The van der Waals surface area contributed by atoms with Gasteiger partial charge in [0.1, 0.15) is 0 Å². The quantitative estimate of drug-likeness (QED) is 0.804. The second kappa shape index (κ2) is 6.52. The van der Waals surface area contributed by atoms with E-state index in [1.165, 1.54) is 20.3 Å². The van der Waals surface area contributed by atoms with Gasteiger partial charge >= 0.3 is 5.97 Å². The molecular weight excluding hydrogens is 249 g/mol. The minimum Gasteiger partial charge on any atom is -0.494 e. The van der Waals surface area contributed by atoms with Crippen LogP contribution in [0.2, 0.25) is 0 Å². The van der Waals surface area contributed by atoms with Gasteiger partial charge in [-0.15, -0.1) is 0 Å². The van der Waals surface area contributed by atoms with Crippen LogP contribution in [0.3, 0.4) is 0 Å². The molecular formula is C14H20FNO3. The van der Waals surface area contributed by atoms with E-state index in [1.54, 1.807) is 12.1 Å². The number of nitrogens with one attached hydrogen (secondary N) is 1. The molecule has 0 bridgehead atoms. The summed E-state index contributed by atoms with van der Waals surface area (Å²) in [6.07, 6.45) is 0.128. The lowest BCUT2D eigenvalue weighted by molar-refractivity contribution is -0.142. The van der Waals surface area contributed by atoms with Crippen molar-refractivity contribution >= 4 is 5.97 Å². The Balaban J connectivity index is 3.10. The second-order valence-electron chi connectivity index (χ2n) is 4.46. The molecule has 0 saturated heterocycles. The number of carbonyl (C=O) groups is 1. The molecule has 1 atom stereocenters. The van der Waals surface area contributed by atoms with Gasteiger partial charge in [0.25, 0.3) is 0 Å². The number of esters is 1. The van der Waals surface area contributed by atoms with Crippen molar-refractivity contribution in [1.82, 2.24) is 5.32 Å². The molecule has 0 heterocycles. The molecule has 4 nitrogen and oxygen atoms in total. The number of rotatable bonds is 6. The van der Waals surface area contributed by atoms with E-state index in [0.29, 0.717) is 12.1 Å². The fraction of sp³-hybridized carbons (Fsp3) is 0.500. The van der Waals surface area contributed by atoms with Crippen LogP contribution in [0.25, 0.3) is 0 Å². The van der Waals surface area contributed by atoms with E-state index in [-0.39, 0.29) is 18.1 Å². The van der Waals surface area contributed by atoms with E-state index >= 15 is 0 Å². The van der Waals surface area contributed by atoms with Crippen LogP contribution in [0.4, 0.5) is 4.39 Å². The molecule has 1 rings (SSSR count). The Morgan fingerprint density at radius 2 is 2.11 bits per heavy atom. The molecule has 5 heteroatoms. The van der Waals surface area contributed by atoms with E-state index in [1.807, 2.05) is 13.8 Å². The maximum Gasteiger partial charge on any atom is 0.307 e. The van der Waals surface area contributed by atoms with Gasteiger partial charge in [-0.1, -0.05) is 13.0 Å². The monoisotopic (exact) mass is 269 g/mol. The molecule has 0 radical (unpaired) electrons. The normalized spacial score (nSPS) is 13.7. The highest BCUT2D eigenvalue weighted by Crippen LogP contribution is 2.28. The Hall–Kier alpha value is -1.62. The van der Waals surface area contributed by atoms with Crippen LogP contribution in [-0.4, -0.2) is 26.7 Å². The van der Waals surface area contributed by atoms with Gasteiger partial charge in [-0.25, -0.2) is 4.39 Å². The molecule has 0 aliphatic heterocycles. The average Bonchev–Trinajstić information content (AvgIpc) is 2.38. The average molecular weight is 269 g/mol. The molecule has 0 aliphatic carbocycles. The van der Waals surface area contributed by atoms with Crippen molar-refractivity contribution in [1.29, 1.82) is 0 Å². The highest BCUT2D eigenvalue weighted by molar-refractivity contribution is 5.71. The lowest BCUT2D eigenvalue weighted by Crippen LogP contribution is -2.41. The third kappa shape index (κ3) is 3.67. The maximum atomic E-state index is 13.8. The number of benzene rings is 1. The Labute approximate surface area is 112 Å². The summed E-state index contributed by atoms with van der Waals surface area (Å²) in [5, 5.41) is 3.20. The van der Waals surface area contributed by atoms with Crippen molar-refractivity contribution in [2.75, 3.05) is 20.8 Å². The highest BCUT2D eigenvalue weighted by Gasteiger charge is 2.30. The van der Waals surface area contributed by atoms with Crippen LogP contribution in [0, 0.1) is 5.82 Å². The first kappa shape index (κ1) is 15.4. The molecule has 1 N–H and O–H groups in total. The Bertz CT molecular complexity index is 450. The number of hydrogen-bond donors (Lipinski definition) is 1. The standard InChI is InChI=1S/C14H20FNO3/c1-5-16-14(2,9-13(17)19-4)10-6-7-12(18-3)11(15)8-10/h6-8,16H,5,9H2,1-4H3. The maximum absolute atomic E-state index is 13.8. The van der Waals surface area contributed by atoms with Crippen molar-refractivity contribution in [3.63, 3.8) is 0 Å². The van der Waals surface area contributed by atoms with Gasteiger partial charge in [-0.3, -0.25) is 4.79 Å². The molecule has 0 aromatic heterocycles. The Kier molecular flexibility index (Phi) is 5.30. The molecule has 19 heavy (non-hydrogen) atoms. The summed E-state index contributed by atoms with van der Waals surface area (Å²) in [7, 11) is 2.75. The third-order valence-corrected chi connectivity index (χ3v) is 3.08. The molecule has 1 aromatic rings. The topological polar surface area (TPSA) is 47.6 Å². The molecule has 0 aliphatic rings. The fourth-order valence-corrected chi connectivity index (χ4v) is 2.03. The summed E-state index contributed by atoms with van der Waals surface area (Å²) in [5.41, 5.74) is 0.00708. The Morgan fingerprint density at radius 3 is 2.58 bits per heavy atom. The van der Waals surface area contributed by atoms with Crippen LogP contribution in [0.15, 0.2) is 18.2 Å². The van der Waals surface area contributed by atoms with E-state index in [9.17, 15) is 9.18 Å². The van der Waals surface area contributed by atoms with Gasteiger partial charge in [0, 0.05) is 0 Å². The number of ether oxygens (including phenoxy) is 2. The highest BCUT2D eigenvalue weighted by atomic mass is 19.1. The lowest BCUT2D eigenvalue weighted by Gasteiger charge is -2.30. The van der Waals surface area contributed by atoms with E-state index < -0.39 is 11.4 Å². The number of methoxy groups -OCH3 is 2. The van der Waals surface area contributed by atoms with Crippen molar-refractivity contribution in [3.05, 3.63) is 29.6 Å². The summed E-state index contributed by atoms with van der Waals surface area (Å²) >= 11 is 0. The molecule has 0 amide bonds. The minimum atomic E-state index is -0.672. The third-order valence-electron chi connectivity index (χ3n) is 3.08. The van der Waals surface area contributed by atoms with E-state index in [2.05, 4.69) is 5.32 Å². The number of halogens is 1. The van der Waals surface area contributed by atoms with E-state index in [4.69, 9.17) is 9.47 Å². The van der Waals surface area contributed by atoms with Gasteiger partial charge in [-0.05, 0) is 31.2 Å². The smallest absolute Gasteiger partial charge is 0.307 e.